The zero-order valence-corrected chi connectivity index (χ0v) is 8.96. The second-order valence-corrected chi connectivity index (χ2v) is 3.96. The molecule has 78 valence electrons. The van der Waals surface area contributed by atoms with Crippen molar-refractivity contribution in [1.82, 2.24) is 9.97 Å². The number of hydrogen-bond acceptors (Lipinski definition) is 5. The Morgan fingerprint density at radius 3 is 2.87 bits per heavy atom. The van der Waals surface area contributed by atoms with E-state index in [1.165, 1.54) is 13.2 Å². The molecule has 2 aromatic heterocycles. The largest absolute Gasteiger partial charge is 0.480 e. The van der Waals surface area contributed by atoms with Crippen LogP contribution < -0.4 is 4.74 Å². The van der Waals surface area contributed by atoms with E-state index in [0.717, 1.165) is 11.3 Å². The van der Waals surface area contributed by atoms with Gasteiger partial charge in [0.1, 0.15) is 15.4 Å². The molecule has 0 atom stereocenters. The van der Waals surface area contributed by atoms with Crippen molar-refractivity contribution < 1.29 is 14.6 Å². The number of aryl methyl sites for hydroxylation is 1. The number of carbonyl (C=O) groups is 1. The predicted molar refractivity (Wildman–Crippen MR) is 55.7 cm³/mol. The van der Waals surface area contributed by atoms with Crippen LogP contribution in [0.3, 0.4) is 0 Å². The summed E-state index contributed by atoms with van der Waals surface area (Å²) < 4.78 is 5.73. The maximum Gasteiger partial charge on any atom is 0.345 e. The highest BCUT2D eigenvalue weighted by atomic mass is 32.1. The molecule has 2 heterocycles. The molecule has 0 aliphatic rings. The molecule has 0 radical (unpaired) electrons. The predicted octanol–water partition coefficient (Wildman–Crippen LogP) is 1.71. The molecular weight excluding hydrogens is 216 g/mol. The zero-order chi connectivity index (χ0) is 11.0. The first-order chi connectivity index (χ1) is 7.11. The summed E-state index contributed by atoms with van der Waals surface area (Å²) in [5.41, 5.74) is 0.613. The first kappa shape index (κ1) is 9.85. The lowest BCUT2D eigenvalue weighted by molar-refractivity contribution is 0.0702. The quantitative estimate of drug-likeness (QED) is 0.840. The number of methoxy groups -OCH3 is 1. The monoisotopic (exact) mass is 224 g/mol. The van der Waals surface area contributed by atoms with Crippen LogP contribution in [-0.2, 0) is 0 Å². The lowest BCUT2D eigenvalue weighted by atomic mass is 10.4. The molecule has 5 nitrogen and oxygen atoms in total. The summed E-state index contributed by atoms with van der Waals surface area (Å²) >= 11 is 1.12. The summed E-state index contributed by atoms with van der Waals surface area (Å²) in [6.45, 7) is 1.74. The van der Waals surface area contributed by atoms with Crippen LogP contribution in [0.25, 0.3) is 10.2 Å². The van der Waals surface area contributed by atoms with Crippen LogP contribution in [-0.4, -0.2) is 28.2 Å². The third-order valence-electron chi connectivity index (χ3n) is 1.86. The highest BCUT2D eigenvalue weighted by molar-refractivity contribution is 7.21. The molecule has 2 aromatic rings. The lowest BCUT2D eigenvalue weighted by Gasteiger charge is -1.99. The molecule has 1 N–H and O–H groups in total. The van der Waals surface area contributed by atoms with Gasteiger partial charge < -0.3 is 9.84 Å². The Bertz CT molecular complexity index is 535. The van der Waals surface area contributed by atoms with Gasteiger partial charge in [-0.05, 0) is 13.0 Å². The van der Waals surface area contributed by atoms with Crippen molar-refractivity contribution in [2.75, 3.05) is 7.11 Å². The maximum absolute atomic E-state index is 10.8. The Morgan fingerprint density at radius 2 is 2.27 bits per heavy atom. The number of fused-ring (bicyclic) bond motifs is 1. The van der Waals surface area contributed by atoms with Gasteiger partial charge in [-0.2, -0.15) is 4.98 Å². The second-order valence-electron chi connectivity index (χ2n) is 2.91. The molecule has 0 unspecified atom stereocenters. The number of nitrogens with zero attached hydrogens (tertiary/aromatic N) is 2. The number of aromatic nitrogens is 2. The van der Waals surface area contributed by atoms with E-state index in [4.69, 9.17) is 9.84 Å². The second kappa shape index (κ2) is 3.47. The van der Waals surface area contributed by atoms with Crippen LogP contribution in [0.1, 0.15) is 15.5 Å². The standard InChI is InChI=1S/C9H8N2O3S/c1-4-10-5-3-6(9(12)13)15-7(5)8(11-4)14-2/h3H,1-2H3,(H,12,13). The van der Waals surface area contributed by atoms with Gasteiger partial charge in [0.15, 0.2) is 0 Å². The van der Waals surface area contributed by atoms with Crippen LogP contribution in [0.2, 0.25) is 0 Å². The summed E-state index contributed by atoms with van der Waals surface area (Å²) in [4.78, 5) is 19.2. The summed E-state index contributed by atoms with van der Waals surface area (Å²) in [6, 6.07) is 1.53. The summed E-state index contributed by atoms with van der Waals surface area (Å²) in [6.07, 6.45) is 0. The Morgan fingerprint density at radius 1 is 1.53 bits per heavy atom. The van der Waals surface area contributed by atoms with Crippen molar-refractivity contribution in [2.24, 2.45) is 0 Å². The molecular formula is C9H8N2O3S. The van der Waals surface area contributed by atoms with Crippen LogP contribution in [0, 0.1) is 6.92 Å². The molecule has 0 spiro atoms. The van der Waals surface area contributed by atoms with E-state index in [1.807, 2.05) is 0 Å². The number of carboxylic acids is 1. The fourth-order valence-electron chi connectivity index (χ4n) is 1.26. The molecule has 0 saturated carbocycles. The summed E-state index contributed by atoms with van der Waals surface area (Å²) in [5.74, 6) is 0.0294. The Kier molecular flexibility index (Phi) is 2.28. The minimum atomic E-state index is -0.960. The van der Waals surface area contributed by atoms with Crippen LogP contribution in [0.4, 0.5) is 0 Å². The molecule has 0 fully saturated rings. The van der Waals surface area contributed by atoms with Gasteiger partial charge in [0, 0.05) is 0 Å². The van der Waals surface area contributed by atoms with Gasteiger partial charge in [0.05, 0.1) is 12.6 Å². The van der Waals surface area contributed by atoms with Gasteiger partial charge in [0.25, 0.3) is 0 Å². The first-order valence-electron chi connectivity index (χ1n) is 4.17. The molecule has 6 heteroatoms. The van der Waals surface area contributed by atoms with E-state index in [1.54, 1.807) is 6.92 Å². The normalized spacial score (nSPS) is 10.5. The maximum atomic E-state index is 10.8. The van der Waals surface area contributed by atoms with Gasteiger partial charge in [-0.25, -0.2) is 9.78 Å². The number of ether oxygens (including phenoxy) is 1. The molecule has 0 bridgehead atoms. The third kappa shape index (κ3) is 1.63. The fraction of sp³-hybridized carbons (Fsp3) is 0.222. The van der Waals surface area contributed by atoms with Gasteiger partial charge in [-0.3, -0.25) is 0 Å². The van der Waals surface area contributed by atoms with Crippen LogP contribution >= 0.6 is 11.3 Å². The molecule has 2 rings (SSSR count). The number of hydrogen-bond donors (Lipinski definition) is 1. The third-order valence-corrected chi connectivity index (χ3v) is 2.96. The van der Waals surface area contributed by atoms with Crippen molar-refractivity contribution in [3.8, 4) is 5.88 Å². The Balaban J connectivity index is 2.74. The first-order valence-corrected chi connectivity index (χ1v) is 4.99. The van der Waals surface area contributed by atoms with E-state index < -0.39 is 5.97 Å². The van der Waals surface area contributed by atoms with Gasteiger partial charge in [-0.1, -0.05) is 0 Å². The average Bonchev–Trinajstić information content (AvgIpc) is 2.59. The Hall–Kier alpha value is -1.69. The van der Waals surface area contributed by atoms with Crippen molar-refractivity contribution in [2.45, 2.75) is 6.92 Å². The minimum absolute atomic E-state index is 0.239. The smallest absolute Gasteiger partial charge is 0.345 e. The number of thiophene rings is 1. The fourth-order valence-corrected chi connectivity index (χ4v) is 2.16. The van der Waals surface area contributed by atoms with Crippen molar-refractivity contribution in [3.05, 3.63) is 16.8 Å². The highest BCUT2D eigenvalue weighted by Crippen LogP contribution is 2.30. The van der Waals surface area contributed by atoms with Gasteiger partial charge in [0.2, 0.25) is 5.88 Å². The molecule has 0 aliphatic carbocycles. The summed E-state index contributed by atoms with van der Waals surface area (Å²) in [5, 5.41) is 8.84. The molecule has 0 aromatic carbocycles. The van der Waals surface area contributed by atoms with Crippen LogP contribution in [0.5, 0.6) is 5.88 Å². The van der Waals surface area contributed by atoms with Crippen molar-refractivity contribution in [1.29, 1.82) is 0 Å². The number of rotatable bonds is 2. The van der Waals surface area contributed by atoms with Crippen LogP contribution in [0.15, 0.2) is 6.07 Å². The van der Waals surface area contributed by atoms with E-state index in [-0.39, 0.29) is 4.88 Å². The summed E-state index contributed by atoms with van der Waals surface area (Å²) in [7, 11) is 1.50. The highest BCUT2D eigenvalue weighted by Gasteiger charge is 2.14. The molecule has 0 aliphatic heterocycles. The Labute approximate surface area is 89.4 Å². The molecule has 0 amide bonds. The van der Waals surface area contributed by atoms with Crippen molar-refractivity contribution in [3.63, 3.8) is 0 Å². The number of carboxylic acid groups (broad SMARTS) is 1. The van der Waals surface area contributed by atoms with E-state index in [2.05, 4.69) is 9.97 Å². The number of aromatic carboxylic acids is 1. The van der Waals surface area contributed by atoms with Gasteiger partial charge >= 0.3 is 5.97 Å². The van der Waals surface area contributed by atoms with Gasteiger partial charge in [-0.15, -0.1) is 11.3 Å². The van der Waals surface area contributed by atoms with E-state index in [9.17, 15) is 4.79 Å². The SMILES string of the molecule is COc1nc(C)nc2cc(C(=O)O)sc12. The minimum Gasteiger partial charge on any atom is -0.480 e. The molecule has 0 saturated heterocycles. The zero-order valence-electron chi connectivity index (χ0n) is 8.14. The topological polar surface area (TPSA) is 72.3 Å². The van der Waals surface area contributed by atoms with E-state index in [0.29, 0.717) is 21.9 Å². The lowest BCUT2D eigenvalue weighted by Crippen LogP contribution is -1.92. The average molecular weight is 224 g/mol. The van der Waals surface area contributed by atoms with Crippen molar-refractivity contribution >= 4 is 27.5 Å². The van der Waals surface area contributed by atoms with E-state index >= 15 is 0 Å². The molecule has 15 heavy (non-hydrogen) atoms.